The molecule has 1 aliphatic heterocycles. The fraction of sp³-hybridized carbons (Fsp3) is 0.538. The van der Waals surface area contributed by atoms with E-state index in [2.05, 4.69) is 4.72 Å². The van der Waals surface area contributed by atoms with Crippen LogP contribution in [0.4, 0.5) is 0 Å². The first-order valence-electron chi connectivity index (χ1n) is 6.45. The van der Waals surface area contributed by atoms with E-state index in [1.807, 2.05) is 0 Å². The number of methoxy groups -OCH3 is 2. The van der Waals surface area contributed by atoms with Crippen LogP contribution < -0.4 is 14.2 Å². The van der Waals surface area contributed by atoms with Crippen molar-refractivity contribution in [2.45, 2.75) is 24.2 Å². The zero-order valence-corrected chi connectivity index (χ0v) is 13.0. The Morgan fingerprint density at radius 3 is 2.38 bits per heavy atom. The second-order valence-electron chi connectivity index (χ2n) is 4.56. The molecule has 118 valence electrons. The summed E-state index contributed by atoms with van der Waals surface area (Å²) in [7, 11) is -0.809. The number of rotatable bonds is 6. The van der Waals surface area contributed by atoms with Crippen LogP contribution in [0, 0.1) is 0 Å². The molecule has 0 saturated carbocycles. The first-order valence-corrected chi connectivity index (χ1v) is 7.94. The summed E-state index contributed by atoms with van der Waals surface area (Å²) >= 11 is 0. The van der Waals surface area contributed by atoms with E-state index in [1.165, 1.54) is 26.4 Å². The molecular weight excluding hydrogens is 298 g/mol. The van der Waals surface area contributed by atoms with Gasteiger partial charge in [-0.05, 0) is 19.1 Å². The van der Waals surface area contributed by atoms with Crippen LogP contribution in [0.3, 0.4) is 0 Å². The summed E-state index contributed by atoms with van der Waals surface area (Å²) in [6, 6.07) is 3.95. The van der Waals surface area contributed by atoms with Gasteiger partial charge in [-0.3, -0.25) is 0 Å². The molecule has 7 nitrogen and oxygen atoms in total. The monoisotopic (exact) mass is 317 g/mol. The van der Waals surface area contributed by atoms with E-state index in [1.54, 1.807) is 13.0 Å². The Morgan fingerprint density at radius 1 is 1.14 bits per heavy atom. The highest BCUT2D eigenvalue weighted by Crippen LogP contribution is 2.32. The molecule has 0 aromatic heterocycles. The van der Waals surface area contributed by atoms with Gasteiger partial charge in [-0.15, -0.1) is 0 Å². The van der Waals surface area contributed by atoms with E-state index in [9.17, 15) is 8.42 Å². The first-order chi connectivity index (χ1) is 9.97. The lowest BCUT2D eigenvalue weighted by molar-refractivity contribution is -0.115. The van der Waals surface area contributed by atoms with Crippen LogP contribution >= 0.6 is 0 Å². The van der Waals surface area contributed by atoms with Gasteiger partial charge in [0.15, 0.2) is 17.8 Å². The summed E-state index contributed by atoms with van der Waals surface area (Å²) in [5.41, 5.74) is 0. The van der Waals surface area contributed by atoms with Crippen LogP contribution in [-0.2, 0) is 19.5 Å². The molecule has 1 atom stereocenters. The fourth-order valence-electron chi connectivity index (χ4n) is 2.06. The Labute approximate surface area is 124 Å². The van der Waals surface area contributed by atoms with Crippen molar-refractivity contribution in [3.8, 4) is 11.5 Å². The Morgan fingerprint density at radius 2 is 1.76 bits per heavy atom. The van der Waals surface area contributed by atoms with Gasteiger partial charge >= 0.3 is 0 Å². The van der Waals surface area contributed by atoms with Crippen LogP contribution in [0.25, 0.3) is 0 Å². The SMILES string of the molecule is COC(OC)C(C)NS(=O)(=O)c1ccc2c(c1)OCCO2. The molecule has 0 spiro atoms. The maximum Gasteiger partial charge on any atom is 0.241 e. The van der Waals surface area contributed by atoms with Crippen molar-refractivity contribution in [3.05, 3.63) is 18.2 Å². The van der Waals surface area contributed by atoms with Crippen molar-refractivity contribution in [2.24, 2.45) is 0 Å². The predicted octanol–water partition coefficient (Wildman–Crippen LogP) is 0.743. The van der Waals surface area contributed by atoms with E-state index in [-0.39, 0.29) is 4.90 Å². The van der Waals surface area contributed by atoms with Crippen LogP contribution in [-0.4, -0.2) is 48.2 Å². The summed E-state index contributed by atoms with van der Waals surface area (Å²) in [6.45, 7) is 2.51. The molecule has 0 bridgehead atoms. The van der Waals surface area contributed by atoms with E-state index in [0.717, 1.165) is 0 Å². The van der Waals surface area contributed by atoms with Gasteiger partial charge in [0, 0.05) is 20.3 Å². The Kier molecular flexibility index (Phi) is 5.04. The molecule has 0 radical (unpaired) electrons. The Bertz CT molecular complexity index is 584. The third-order valence-electron chi connectivity index (χ3n) is 3.04. The molecule has 1 N–H and O–H groups in total. The second-order valence-corrected chi connectivity index (χ2v) is 6.27. The van der Waals surface area contributed by atoms with E-state index in [0.29, 0.717) is 24.7 Å². The minimum absolute atomic E-state index is 0.101. The second kappa shape index (κ2) is 6.61. The Balaban J connectivity index is 2.19. The third-order valence-corrected chi connectivity index (χ3v) is 4.59. The van der Waals surface area contributed by atoms with Crippen LogP contribution in [0.5, 0.6) is 11.5 Å². The van der Waals surface area contributed by atoms with Crippen molar-refractivity contribution in [1.29, 1.82) is 0 Å². The van der Waals surface area contributed by atoms with E-state index < -0.39 is 22.4 Å². The number of ether oxygens (including phenoxy) is 4. The highest BCUT2D eigenvalue weighted by Gasteiger charge is 2.25. The van der Waals surface area contributed by atoms with Gasteiger partial charge in [0.1, 0.15) is 13.2 Å². The lowest BCUT2D eigenvalue weighted by Crippen LogP contribution is -2.42. The van der Waals surface area contributed by atoms with Gasteiger partial charge in [-0.1, -0.05) is 0 Å². The molecule has 8 heteroatoms. The molecule has 1 heterocycles. The van der Waals surface area contributed by atoms with E-state index >= 15 is 0 Å². The number of hydrogen-bond acceptors (Lipinski definition) is 6. The molecule has 21 heavy (non-hydrogen) atoms. The first kappa shape index (κ1) is 16.0. The molecule has 0 aliphatic carbocycles. The highest BCUT2D eigenvalue weighted by atomic mass is 32.2. The van der Waals surface area contributed by atoms with Crippen molar-refractivity contribution >= 4 is 10.0 Å². The quantitative estimate of drug-likeness (QED) is 0.779. The molecule has 0 fully saturated rings. The zero-order chi connectivity index (χ0) is 15.5. The summed E-state index contributed by atoms with van der Waals surface area (Å²) in [5, 5.41) is 0. The number of fused-ring (bicyclic) bond motifs is 1. The average Bonchev–Trinajstić information content (AvgIpc) is 2.47. The third kappa shape index (κ3) is 3.65. The fourth-order valence-corrected chi connectivity index (χ4v) is 3.31. The van der Waals surface area contributed by atoms with Crippen molar-refractivity contribution in [1.82, 2.24) is 4.72 Å². The minimum atomic E-state index is -3.70. The molecule has 1 aliphatic rings. The lowest BCUT2D eigenvalue weighted by Gasteiger charge is -2.23. The number of benzene rings is 1. The Hall–Kier alpha value is -1.35. The van der Waals surface area contributed by atoms with Crippen molar-refractivity contribution in [3.63, 3.8) is 0 Å². The number of sulfonamides is 1. The van der Waals surface area contributed by atoms with Gasteiger partial charge in [-0.2, -0.15) is 0 Å². The van der Waals surface area contributed by atoms with Gasteiger partial charge < -0.3 is 18.9 Å². The molecule has 1 aromatic carbocycles. The van der Waals surface area contributed by atoms with Crippen molar-refractivity contribution < 1.29 is 27.4 Å². The topological polar surface area (TPSA) is 83.1 Å². The highest BCUT2D eigenvalue weighted by molar-refractivity contribution is 7.89. The lowest BCUT2D eigenvalue weighted by atomic mass is 10.3. The number of nitrogens with one attached hydrogen (secondary N) is 1. The van der Waals surface area contributed by atoms with E-state index in [4.69, 9.17) is 18.9 Å². The van der Waals surface area contributed by atoms with Gasteiger partial charge in [0.25, 0.3) is 0 Å². The molecule has 1 unspecified atom stereocenters. The molecule has 0 saturated heterocycles. The predicted molar refractivity (Wildman–Crippen MR) is 75.0 cm³/mol. The molecule has 0 amide bonds. The zero-order valence-electron chi connectivity index (χ0n) is 12.2. The number of hydrogen-bond donors (Lipinski definition) is 1. The van der Waals surface area contributed by atoms with Crippen LogP contribution in [0.1, 0.15) is 6.92 Å². The van der Waals surface area contributed by atoms with Gasteiger partial charge in [0.05, 0.1) is 10.9 Å². The maximum atomic E-state index is 12.3. The summed E-state index contributed by atoms with van der Waals surface area (Å²) in [5.74, 6) is 0.965. The van der Waals surface area contributed by atoms with Crippen molar-refractivity contribution in [2.75, 3.05) is 27.4 Å². The smallest absolute Gasteiger partial charge is 0.241 e. The summed E-state index contributed by atoms with van der Waals surface area (Å²) in [6.07, 6.45) is -0.669. The largest absolute Gasteiger partial charge is 0.486 e. The normalized spacial score (nSPS) is 16.0. The summed E-state index contributed by atoms with van der Waals surface area (Å²) in [4.78, 5) is 0.101. The summed E-state index contributed by atoms with van der Waals surface area (Å²) < 4.78 is 48.0. The minimum Gasteiger partial charge on any atom is -0.486 e. The average molecular weight is 317 g/mol. The molecule has 1 aromatic rings. The maximum absolute atomic E-state index is 12.3. The standard InChI is InChI=1S/C13H19NO6S/c1-9(13(17-2)18-3)14-21(15,16)10-4-5-11-12(8-10)20-7-6-19-11/h4-5,8-9,13-14H,6-7H2,1-3H3. The molecule has 2 rings (SSSR count). The van der Waals surface area contributed by atoms with Gasteiger partial charge in [-0.25, -0.2) is 13.1 Å². The van der Waals surface area contributed by atoms with Crippen LogP contribution in [0.15, 0.2) is 23.1 Å². The van der Waals surface area contributed by atoms with Gasteiger partial charge in [0.2, 0.25) is 10.0 Å². The van der Waals surface area contributed by atoms with Crippen LogP contribution in [0.2, 0.25) is 0 Å². The molecular formula is C13H19NO6S.